The van der Waals surface area contributed by atoms with Crippen LogP contribution in [0.4, 0.5) is 5.69 Å². The molecule has 0 fully saturated rings. The summed E-state index contributed by atoms with van der Waals surface area (Å²) in [4.78, 5) is 12.5. The van der Waals surface area contributed by atoms with Gasteiger partial charge in [-0.3, -0.25) is 19.0 Å². The van der Waals surface area contributed by atoms with E-state index in [0.717, 1.165) is 17.0 Å². The summed E-state index contributed by atoms with van der Waals surface area (Å²) in [5, 5.41) is 17.7. The molecule has 0 aliphatic heterocycles. The Kier molecular flexibility index (Phi) is 6.18. The number of benzene rings is 2. The lowest BCUT2D eigenvalue weighted by molar-refractivity contribution is -0.116. The molecule has 0 spiro atoms. The van der Waals surface area contributed by atoms with Crippen LogP contribution < -0.4 is 10.1 Å². The minimum absolute atomic E-state index is 0.123. The molecule has 0 aliphatic carbocycles. The molecular weight excluding hydrogens is 414 g/mol. The summed E-state index contributed by atoms with van der Waals surface area (Å²) in [7, 11) is 0. The molecule has 1 amide bonds. The molecule has 31 heavy (non-hydrogen) atoms. The zero-order valence-corrected chi connectivity index (χ0v) is 17.7. The van der Waals surface area contributed by atoms with Gasteiger partial charge < -0.3 is 10.1 Å². The SMILES string of the molecule is CCOc1ccc(-c2n[nH]c(=S)n2CCC(=O)Nc2cccc(-n3cnnc3)c2)cc1. The van der Waals surface area contributed by atoms with Gasteiger partial charge in [0.1, 0.15) is 18.4 Å². The molecule has 2 aromatic carbocycles. The van der Waals surface area contributed by atoms with E-state index in [1.165, 1.54) is 0 Å². The lowest BCUT2D eigenvalue weighted by Crippen LogP contribution is -2.15. The third-order valence-electron chi connectivity index (χ3n) is 4.59. The summed E-state index contributed by atoms with van der Waals surface area (Å²) in [6, 6.07) is 15.1. The molecule has 2 heterocycles. The van der Waals surface area contributed by atoms with Gasteiger partial charge in [0.05, 0.1) is 12.3 Å². The van der Waals surface area contributed by atoms with Gasteiger partial charge in [0.15, 0.2) is 10.6 Å². The van der Waals surface area contributed by atoms with Crippen LogP contribution in [0.3, 0.4) is 0 Å². The molecule has 0 bridgehead atoms. The third kappa shape index (κ3) is 4.86. The number of nitrogens with zero attached hydrogens (tertiary/aromatic N) is 5. The van der Waals surface area contributed by atoms with Crippen molar-refractivity contribution in [2.24, 2.45) is 0 Å². The molecule has 0 atom stereocenters. The Labute approximate surface area is 183 Å². The number of hydrogen-bond donors (Lipinski definition) is 2. The number of anilines is 1. The van der Waals surface area contributed by atoms with Gasteiger partial charge in [0.25, 0.3) is 0 Å². The van der Waals surface area contributed by atoms with E-state index >= 15 is 0 Å². The smallest absolute Gasteiger partial charge is 0.226 e. The van der Waals surface area contributed by atoms with Crippen LogP contribution in [0.2, 0.25) is 0 Å². The number of aromatic amines is 1. The van der Waals surface area contributed by atoms with Crippen molar-refractivity contribution in [3.63, 3.8) is 0 Å². The molecule has 2 N–H and O–H groups in total. The van der Waals surface area contributed by atoms with Crippen LogP contribution >= 0.6 is 12.2 Å². The van der Waals surface area contributed by atoms with Crippen molar-refractivity contribution in [3.8, 4) is 22.8 Å². The van der Waals surface area contributed by atoms with Crippen LogP contribution in [0.5, 0.6) is 5.75 Å². The van der Waals surface area contributed by atoms with Crippen molar-refractivity contribution in [2.75, 3.05) is 11.9 Å². The highest BCUT2D eigenvalue weighted by Gasteiger charge is 2.11. The molecule has 158 valence electrons. The Morgan fingerprint density at radius 1 is 1.16 bits per heavy atom. The zero-order chi connectivity index (χ0) is 21.6. The predicted molar refractivity (Wildman–Crippen MR) is 119 cm³/mol. The number of ether oxygens (including phenoxy) is 1. The maximum Gasteiger partial charge on any atom is 0.226 e. The van der Waals surface area contributed by atoms with Gasteiger partial charge in [-0.25, -0.2) is 0 Å². The molecule has 10 heteroatoms. The molecule has 4 aromatic rings. The number of carbonyl (C=O) groups is 1. The fraction of sp³-hybridized carbons (Fsp3) is 0.190. The molecule has 2 aromatic heterocycles. The second kappa shape index (κ2) is 9.35. The number of nitrogens with one attached hydrogen (secondary N) is 2. The second-order valence-electron chi connectivity index (χ2n) is 6.68. The minimum Gasteiger partial charge on any atom is -0.494 e. The van der Waals surface area contributed by atoms with E-state index in [4.69, 9.17) is 17.0 Å². The molecule has 0 unspecified atom stereocenters. The largest absolute Gasteiger partial charge is 0.494 e. The Bertz CT molecular complexity index is 1210. The highest BCUT2D eigenvalue weighted by atomic mass is 32.1. The summed E-state index contributed by atoms with van der Waals surface area (Å²) < 4.78 is 9.53. The molecule has 9 nitrogen and oxygen atoms in total. The van der Waals surface area contributed by atoms with Crippen LogP contribution in [0.1, 0.15) is 13.3 Å². The number of carbonyl (C=O) groups excluding carboxylic acids is 1. The van der Waals surface area contributed by atoms with E-state index in [2.05, 4.69) is 25.7 Å². The topological polar surface area (TPSA) is 103 Å². The van der Waals surface area contributed by atoms with Gasteiger partial charge in [-0.1, -0.05) is 6.07 Å². The molecule has 0 saturated heterocycles. The summed E-state index contributed by atoms with van der Waals surface area (Å²) in [5.41, 5.74) is 2.44. The number of H-pyrrole nitrogens is 1. The molecule has 0 aliphatic rings. The average molecular weight is 436 g/mol. The standard InChI is InChI=1S/C21H21N7O2S/c1-2-30-18-8-6-15(7-9-18)20-25-26-21(31)28(20)11-10-19(29)24-16-4-3-5-17(12-16)27-13-22-23-14-27/h3-9,12-14H,2,10-11H2,1H3,(H,24,29)(H,26,31). The normalized spacial score (nSPS) is 10.7. The van der Waals surface area contributed by atoms with Gasteiger partial charge in [0, 0.05) is 24.2 Å². The zero-order valence-electron chi connectivity index (χ0n) is 16.9. The van der Waals surface area contributed by atoms with Crippen molar-refractivity contribution < 1.29 is 9.53 Å². The van der Waals surface area contributed by atoms with Crippen molar-refractivity contribution in [1.82, 2.24) is 29.5 Å². The van der Waals surface area contributed by atoms with Gasteiger partial charge in [-0.2, -0.15) is 5.10 Å². The lowest BCUT2D eigenvalue weighted by Gasteiger charge is -2.10. The first-order chi connectivity index (χ1) is 15.1. The van der Waals surface area contributed by atoms with Crippen molar-refractivity contribution in [3.05, 3.63) is 66.0 Å². The summed E-state index contributed by atoms with van der Waals surface area (Å²) in [6.45, 7) is 2.94. The Morgan fingerprint density at radius 2 is 1.94 bits per heavy atom. The molecule has 4 rings (SSSR count). The van der Waals surface area contributed by atoms with Crippen LogP contribution in [0.15, 0.2) is 61.2 Å². The second-order valence-corrected chi connectivity index (χ2v) is 7.07. The molecular formula is C21H21N7O2S. The molecule has 0 saturated carbocycles. The van der Waals surface area contributed by atoms with E-state index in [0.29, 0.717) is 29.4 Å². The molecule has 0 radical (unpaired) electrons. The lowest BCUT2D eigenvalue weighted by atomic mass is 10.2. The van der Waals surface area contributed by atoms with E-state index in [-0.39, 0.29) is 12.3 Å². The quantitative estimate of drug-likeness (QED) is 0.410. The predicted octanol–water partition coefficient (Wildman–Crippen LogP) is 3.62. The van der Waals surface area contributed by atoms with Crippen molar-refractivity contribution in [1.29, 1.82) is 0 Å². The van der Waals surface area contributed by atoms with Gasteiger partial charge in [-0.05, 0) is 61.6 Å². The first-order valence-electron chi connectivity index (χ1n) is 9.77. The number of rotatable bonds is 8. The number of aromatic nitrogens is 6. The Hall–Kier alpha value is -3.79. The Balaban J connectivity index is 1.43. The van der Waals surface area contributed by atoms with E-state index in [9.17, 15) is 4.79 Å². The first kappa shape index (κ1) is 20.5. The summed E-state index contributed by atoms with van der Waals surface area (Å²) >= 11 is 5.36. The number of amides is 1. The van der Waals surface area contributed by atoms with E-state index in [1.54, 1.807) is 17.2 Å². The Morgan fingerprint density at radius 3 is 2.68 bits per heavy atom. The van der Waals surface area contributed by atoms with Gasteiger partial charge in [-0.15, -0.1) is 10.2 Å². The fourth-order valence-electron chi connectivity index (χ4n) is 3.13. The van der Waals surface area contributed by atoms with E-state index in [1.807, 2.05) is 60.0 Å². The maximum absolute atomic E-state index is 12.5. The summed E-state index contributed by atoms with van der Waals surface area (Å²) in [6.07, 6.45) is 3.45. The summed E-state index contributed by atoms with van der Waals surface area (Å²) in [5.74, 6) is 1.34. The van der Waals surface area contributed by atoms with Crippen molar-refractivity contribution in [2.45, 2.75) is 19.9 Å². The van der Waals surface area contributed by atoms with Crippen molar-refractivity contribution >= 4 is 23.8 Å². The fourth-order valence-corrected chi connectivity index (χ4v) is 3.35. The maximum atomic E-state index is 12.5. The first-order valence-corrected chi connectivity index (χ1v) is 10.2. The van der Waals surface area contributed by atoms with Gasteiger partial charge >= 0.3 is 0 Å². The van der Waals surface area contributed by atoms with Gasteiger partial charge in [0.2, 0.25) is 5.91 Å². The van der Waals surface area contributed by atoms with E-state index < -0.39 is 0 Å². The highest BCUT2D eigenvalue weighted by molar-refractivity contribution is 7.71. The van der Waals surface area contributed by atoms with Crippen LogP contribution in [-0.2, 0) is 11.3 Å². The monoisotopic (exact) mass is 435 g/mol. The third-order valence-corrected chi connectivity index (χ3v) is 4.90. The van der Waals surface area contributed by atoms with Crippen LogP contribution in [0.25, 0.3) is 17.1 Å². The minimum atomic E-state index is -0.123. The van der Waals surface area contributed by atoms with Crippen LogP contribution in [0, 0.1) is 4.77 Å². The van der Waals surface area contributed by atoms with Crippen LogP contribution in [-0.4, -0.2) is 42.0 Å². The highest BCUT2D eigenvalue weighted by Crippen LogP contribution is 2.21. The average Bonchev–Trinajstić information content (AvgIpc) is 3.44. The number of hydrogen-bond acceptors (Lipinski definition) is 6.